The van der Waals surface area contributed by atoms with Crippen LogP contribution in [0.1, 0.15) is 0 Å². The van der Waals surface area contributed by atoms with Crippen LogP contribution >= 0.6 is 0 Å². The highest BCUT2D eigenvalue weighted by Gasteiger charge is 1.54. The average Bonchev–Trinajstić information content (AvgIpc) is 1.37. The highest BCUT2D eigenvalue weighted by molar-refractivity contribution is 5.36. The van der Waals surface area contributed by atoms with Crippen LogP contribution < -0.4 is 0 Å². The summed E-state index contributed by atoms with van der Waals surface area (Å²) in [5.41, 5.74) is 0. The van der Waals surface area contributed by atoms with Gasteiger partial charge in [-0.05, 0) is 0 Å². The highest BCUT2D eigenvalue weighted by atomic mass is 17.1. The highest BCUT2D eigenvalue weighted by Crippen LogP contribution is 1.34. The number of rotatable bonds is 1. The average molecular weight is 78.0 g/mol. The van der Waals surface area contributed by atoms with E-state index in [4.69, 9.17) is 10.1 Å². The van der Waals surface area contributed by atoms with Gasteiger partial charge in [0.05, 0.1) is 0 Å². The summed E-state index contributed by atoms with van der Waals surface area (Å²) >= 11 is 0. The van der Waals surface area contributed by atoms with E-state index < -0.39 is 0 Å². The molecule has 2 N–H and O–H groups in total. The number of hydrogen-bond acceptors (Lipinski definition) is 3. The third kappa shape index (κ3) is 43.1. The molecule has 0 rings (SSSR count). The van der Waals surface area contributed by atoms with Gasteiger partial charge in [-0.1, -0.05) is 0 Å². The lowest BCUT2D eigenvalue weighted by Gasteiger charge is -1.60. The Balaban J connectivity index is 0. The molecule has 5 heavy (non-hydrogen) atoms. The van der Waals surface area contributed by atoms with Crippen LogP contribution in [0.15, 0.2) is 0 Å². The van der Waals surface area contributed by atoms with Crippen molar-refractivity contribution in [2.24, 2.45) is 0 Å². The van der Waals surface area contributed by atoms with E-state index in [-0.39, 0.29) is 5.48 Å². The van der Waals surface area contributed by atoms with E-state index >= 15 is 0 Å². The second kappa shape index (κ2) is 10.0. The molecule has 0 aliphatic heterocycles. The predicted octanol–water partition coefficient (Wildman–Crippen LogP) is -0.634. The zero-order chi connectivity index (χ0) is 3.41. The van der Waals surface area contributed by atoms with E-state index in [1.165, 1.54) is 0 Å². The van der Waals surface area contributed by atoms with E-state index in [1.807, 2.05) is 0 Å². The lowest BCUT2D eigenvalue weighted by Crippen LogP contribution is -1.69. The largest absolute Gasteiger partial charge is 0.452 e. The van der Waals surface area contributed by atoms with Gasteiger partial charge < -0.3 is 0 Å². The molecular formula is CH2O4. The Labute approximate surface area is 28.2 Å². The number of hydrogen-bond donors (Lipinski definition) is 2. The van der Waals surface area contributed by atoms with Crippen LogP contribution in [-0.2, 0) is 9.68 Å². The smallest absolute Gasteiger partial charge is 0.288 e. The second-order valence-corrected chi connectivity index (χ2v) is 0.175. The monoisotopic (exact) mass is 78.0 g/mol. The van der Waals surface area contributed by atoms with E-state index in [2.05, 4.69) is 4.89 Å². The van der Waals surface area contributed by atoms with Crippen molar-refractivity contribution < 1.29 is 20.4 Å². The van der Waals surface area contributed by atoms with Crippen LogP contribution in [0, 0.1) is 0 Å². The van der Waals surface area contributed by atoms with E-state index in [0.29, 0.717) is 0 Å². The fourth-order valence-corrected chi connectivity index (χ4v) is 0. The molecule has 0 atom stereocenters. The van der Waals surface area contributed by atoms with Gasteiger partial charge in [0.1, 0.15) is 0 Å². The van der Waals surface area contributed by atoms with Gasteiger partial charge in [0.2, 0.25) is 0 Å². The molecule has 4 nitrogen and oxygen atoms in total. The third-order valence-corrected chi connectivity index (χ3v) is 0.0373. The standard InChI is InChI=1S/CHO3.HO/c2-1-4-3;/h3H;1H. The molecule has 0 saturated carbocycles. The summed E-state index contributed by atoms with van der Waals surface area (Å²) in [6.45, 7) is 0.736. The third-order valence-electron chi connectivity index (χ3n) is 0.0373. The zero-order valence-electron chi connectivity index (χ0n) is 2.21. The number of carbonyl (C=O) groups excluding carboxylic acids is 1. The summed E-state index contributed by atoms with van der Waals surface area (Å²) in [5, 5.41) is 6.95. The maximum atomic E-state index is 8.58. The molecule has 0 spiro atoms. The van der Waals surface area contributed by atoms with Crippen molar-refractivity contribution in [3.63, 3.8) is 0 Å². The normalized spacial score (nSPS) is 4.20. The van der Waals surface area contributed by atoms with E-state index in [1.54, 1.807) is 0 Å². The van der Waals surface area contributed by atoms with Crippen molar-refractivity contribution in [3.8, 4) is 0 Å². The molecule has 0 bridgehead atoms. The summed E-state index contributed by atoms with van der Waals surface area (Å²) < 4.78 is 0. The minimum Gasteiger partial charge on any atom is -0.288 e. The minimum absolute atomic E-state index is 0. The van der Waals surface area contributed by atoms with Crippen LogP contribution in [0.5, 0.6) is 0 Å². The predicted molar refractivity (Wildman–Crippen MR) is 11.3 cm³/mol. The lowest BCUT2D eigenvalue weighted by molar-refractivity contribution is -0.155. The molecular weight excluding hydrogens is 76.0 g/mol. The van der Waals surface area contributed by atoms with Gasteiger partial charge in [-0.2, -0.15) is 5.26 Å². The fourth-order valence-electron chi connectivity index (χ4n) is 0. The summed E-state index contributed by atoms with van der Waals surface area (Å²) in [7, 11) is 0. The van der Waals surface area contributed by atoms with Gasteiger partial charge >= 0.3 is 6.47 Å². The van der Waals surface area contributed by atoms with Crippen molar-refractivity contribution in [3.05, 3.63) is 0 Å². The summed E-state index contributed by atoms with van der Waals surface area (Å²) in [5.74, 6) is 0. The van der Waals surface area contributed by atoms with Crippen LogP contribution in [0.3, 0.4) is 0 Å². The Hall–Kier alpha value is -0.610. The van der Waals surface area contributed by atoms with Crippen molar-refractivity contribution in [2.45, 2.75) is 0 Å². The first-order chi connectivity index (χ1) is 1.91. The van der Waals surface area contributed by atoms with Crippen LogP contribution in [0.2, 0.25) is 0 Å². The molecule has 2 radical (unpaired) electrons. The van der Waals surface area contributed by atoms with Crippen LogP contribution in [-0.4, -0.2) is 17.2 Å². The molecule has 0 amide bonds. The Bertz CT molecular complexity index is 17.6. The molecule has 0 saturated heterocycles. The first kappa shape index (κ1) is 8.83. The lowest BCUT2D eigenvalue weighted by atomic mass is 11.7. The van der Waals surface area contributed by atoms with Gasteiger partial charge in [-0.15, -0.1) is 0 Å². The summed E-state index contributed by atoms with van der Waals surface area (Å²) in [6, 6.07) is 0. The quantitative estimate of drug-likeness (QED) is 0.323. The molecule has 0 aliphatic rings. The molecule has 0 fully saturated rings. The Morgan fingerprint density at radius 2 is 2.00 bits per heavy atom. The molecule has 0 unspecified atom stereocenters. The van der Waals surface area contributed by atoms with Gasteiger partial charge in [0.15, 0.2) is 0 Å². The van der Waals surface area contributed by atoms with Gasteiger partial charge in [0.25, 0.3) is 0 Å². The SMILES string of the molecule is O=[C]OO.[OH]. The second-order valence-electron chi connectivity index (χ2n) is 0.175. The Morgan fingerprint density at radius 3 is 2.00 bits per heavy atom. The maximum Gasteiger partial charge on any atom is 0.452 e. The fraction of sp³-hybridized carbons (Fsp3) is 0. The first-order valence-corrected chi connectivity index (χ1v) is 0.591. The van der Waals surface area contributed by atoms with Gasteiger partial charge in [-0.3, -0.25) is 10.4 Å². The van der Waals surface area contributed by atoms with Crippen molar-refractivity contribution in [1.82, 2.24) is 0 Å². The van der Waals surface area contributed by atoms with E-state index in [9.17, 15) is 0 Å². The maximum absolute atomic E-state index is 8.58. The minimum atomic E-state index is 0. The molecule has 0 aromatic carbocycles. The molecule has 30 valence electrons. The van der Waals surface area contributed by atoms with Crippen molar-refractivity contribution in [1.29, 1.82) is 0 Å². The molecule has 0 aromatic heterocycles. The summed E-state index contributed by atoms with van der Waals surface area (Å²) in [4.78, 5) is 11.3. The van der Waals surface area contributed by atoms with Crippen molar-refractivity contribution >= 4 is 6.47 Å². The van der Waals surface area contributed by atoms with E-state index in [0.717, 1.165) is 6.47 Å². The molecule has 0 aliphatic carbocycles. The van der Waals surface area contributed by atoms with Crippen molar-refractivity contribution in [2.75, 3.05) is 0 Å². The zero-order valence-corrected chi connectivity index (χ0v) is 2.21. The summed E-state index contributed by atoms with van der Waals surface area (Å²) in [6.07, 6.45) is 0. The Morgan fingerprint density at radius 1 is 1.80 bits per heavy atom. The first-order valence-electron chi connectivity index (χ1n) is 0.591. The van der Waals surface area contributed by atoms with Gasteiger partial charge in [-0.25, -0.2) is 4.79 Å². The molecule has 0 heterocycles. The van der Waals surface area contributed by atoms with Crippen LogP contribution in [0.4, 0.5) is 0 Å². The van der Waals surface area contributed by atoms with Gasteiger partial charge in [0, 0.05) is 0 Å². The topological polar surface area (TPSA) is 76.5 Å². The van der Waals surface area contributed by atoms with Crippen LogP contribution in [0.25, 0.3) is 0 Å². The molecule has 0 aromatic rings. The molecule has 4 heteroatoms. The Kier molecular flexibility index (Phi) is 17.7.